The molecule has 1 N–H and O–H groups in total. The second-order valence-corrected chi connectivity index (χ2v) is 4.45. The number of hydrogen-bond donors (Lipinski definition) is 1. The monoisotopic (exact) mass is 258 g/mol. The van der Waals surface area contributed by atoms with Crippen LogP contribution in [0.25, 0.3) is 0 Å². The standard InChI is InChI=1S/C10H15ClN4O2/c1-7(6-14(2)3)12-10-8(15(16)17)4-5-9(11)13-10/h4-5,7H,6H2,1-3H3,(H,12,13). The van der Waals surface area contributed by atoms with Crippen molar-refractivity contribution in [2.75, 3.05) is 26.0 Å². The van der Waals surface area contributed by atoms with Crippen LogP contribution in [0.15, 0.2) is 12.1 Å². The van der Waals surface area contributed by atoms with E-state index in [0.29, 0.717) is 0 Å². The van der Waals surface area contributed by atoms with Crippen LogP contribution in [0.1, 0.15) is 6.92 Å². The summed E-state index contributed by atoms with van der Waals surface area (Å²) in [5, 5.41) is 14.0. The van der Waals surface area contributed by atoms with Gasteiger partial charge in [-0.3, -0.25) is 10.1 Å². The van der Waals surface area contributed by atoms with Crippen LogP contribution in [0.3, 0.4) is 0 Å². The Morgan fingerprint density at radius 1 is 1.59 bits per heavy atom. The minimum atomic E-state index is -0.478. The lowest BCUT2D eigenvalue weighted by atomic mass is 10.3. The van der Waals surface area contributed by atoms with E-state index < -0.39 is 4.92 Å². The molecule has 0 amide bonds. The van der Waals surface area contributed by atoms with Gasteiger partial charge in [0, 0.05) is 18.7 Å². The summed E-state index contributed by atoms with van der Waals surface area (Å²) < 4.78 is 0. The van der Waals surface area contributed by atoms with Gasteiger partial charge < -0.3 is 10.2 Å². The van der Waals surface area contributed by atoms with Gasteiger partial charge in [-0.25, -0.2) is 4.98 Å². The number of pyridine rings is 1. The normalized spacial score (nSPS) is 12.5. The lowest BCUT2D eigenvalue weighted by Gasteiger charge is -2.18. The van der Waals surface area contributed by atoms with Gasteiger partial charge in [0.15, 0.2) is 0 Å². The molecule has 94 valence electrons. The van der Waals surface area contributed by atoms with Gasteiger partial charge in [0.05, 0.1) is 4.92 Å². The number of nitrogens with one attached hydrogen (secondary N) is 1. The van der Waals surface area contributed by atoms with E-state index in [2.05, 4.69) is 10.3 Å². The predicted octanol–water partition coefficient (Wildman–Crippen LogP) is 2.01. The smallest absolute Gasteiger partial charge is 0.311 e. The molecule has 0 bridgehead atoms. The van der Waals surface area contributed by atoms with Crippen molar-refractivity contribution in [3.63, 3.8) is 0 Å². The fourth-order valence-electron chi connectivity index (χ4n) is 1.51. The number of aromatic nitrogens is 1. The molecule has 17 heavy (non-hydrogen) atoms. The summed E-state index contributed by atoms with van der Waals surface area (Å²) >= 11 is 5.73. The Kier molecular flexibility index (Phi) is 4.65. The summed E-state index contributed by atoms with van der Waals surface area (Å²) in [7, 11) is 3.86. The molecule has 1 atom stereocenters. The van der Waals surface area contributed by atoms with Crippen LogP contribution in [0, 0.1) is 10.1 Å². The zero-order valence-corrected chi connectivity index (χ0v) is 10.7. The molecular weight excluding hydrogens is 244 g/mol. The average Bonchev–Trinajstić information content (AvgIpc) is 2.15. The predicted molar refractivity (Wildman–Crippen MR) is 67.5 cm³/mol. The minimum absolute atomic E-state index is 0.0367. The van der Waals surface area contributed by atoms with Gasteiger partial charge in [-0.1, -0.05) is 11.6 Å². The second-order valence-electron chi connectivity index (χ2n) is 4.07. The quantitative estimate of drug-likeness (QED) is 0.497. The first-order valence-corrected chi connectivity index (χ1v) is 5.50. The zero-order valence-electron chi connectivity index (χ0n) is 9.98. The maximum atomic E-state index is 10.8. The largest absolute Gasteiger partial charge is 0.361 e. The number of nitrogens with zero attached hydrogens (tertiary/aromatic N) is 3. The molecule has 0 aromatic carbocycles. The average molecular weight is 259 g/mol. The molecule has 1 aromatic heterocycles. The highest BCUT2D eigenvalue weighted by Crippen LogP contribution is 2.24. The molecule has 6 nitrogen and oxygen atoms in total. The van der Waals surface area contributed by atoms with Gasteiger partial charge >= 0.3 is 5.69 Å². The van der Waals surface area contributed by atoms with E-state index in [0.717, 1.165) is 6.54 Å². The van der Waals surface area contributed by atoms with Gasteiger partial charge in [0.25, 0.3) is 0 Å². The van der Waals surface area contributed by atoms with Crippen LogP contribution in [0.2, 0.25) is 5.15 Å². The van der Waals surface area contributed by atoms with Crippen molar-refractivity contribution in [3.05, 3.63) is 27.4 Å². The maximum Gasteiger partial charge on any atom is 0.311 e. The van der Waals surface area contributed by atoms with Crippen molar-refractivity contribution >= 4 is 23.1 Å². The molecule has 0 aliphatic heterocycles. The zero-order chi connectivity index (χ0) is 13.0. The highest BCUT2D eigenvalue weighted by molar-refractivity contribution is 6.29. The molecule has 1 heterocycles. The fraction of sp³-hybridized carbons (Fsp3) is 0.500. The van der Waals surface area contributed by atoms with E-state index in [1.165, 1.54) is 12.1 Å². The summed E-state index contributed by atoms with van der Waals surface area (Å²) in [5.41, 5.74) is -0.0694. The van der Waals surface area contributed by atoms with E-state index in [4.69, 9.17) is 11.6 Å². The Balaban J connectivity index is 2.88. The molecule has 0 spiro atoms. The molecule has 1 aromatic rings. The van der Waals surface area contributed by atoms with Crippen LogP contribution in [0.4, 0.5) is 11.5 Å². The fourth-order valence-corrected chi connectivity index (χ4v) is 1.66. The lowest BCUT2D eigenvalue weighted by Crippen LogP contribution is -2.30. The molecule has 0 saturated carbocycles. The van der Waals surface area contributed by atoms with Crippen LogP contribution < -0.4 is 5.32 Å². The molecule has 7 heteroatoms. The molecule has 1 rings (SSSR count). The number of halogens is 1. The van der Waals surface area contributed by atoms with Gasteiger partial charge in [-0.05, 0) is 27.1 Å². The third-order valence-electron chi connectivity index (χ3n) is 2.06. The molecule has 0 saturated heterocycles. The number of anilines is 1. The molecule has 1 unspecified atom stereocenters. The summed E-state index contributed by atoms with van der Waals surface area (Å²) in [6.45, 7) is 2.66. The SMILES string of the molecule is CC(CN(C)C)Nc1nc(Cl)ccc1[N+](=O)[O-]. The van der Waals surface area contributed by atoms with Gasteiger partial charge in [-0.2, -0.15) is 0 Å². The summed E-state index contributed by atoms with van der Waals surface area (Å²) in [6, 6.07) is 2.79. The number of nitro groups is 1. The van der Waals surface area contributed by atoms with Crippen molar-refractivity contribution in [1.29, 1.82) is 0 Å². The Labute approximate surface area is 105 Å². The summed E-state index contributed by atoms with van der Waals surface area (Å²) in [4.78, 5) is 16.2. The Morgan fingerprint density at radius 2 is 2.24 bits per heavy atom. The number of rotatable bonds is 5. The Morgan fingerprint density at radius 3 is 2.76 bits per heavy atom. The minimum Gasteiger partial charge on any atom is -0.361 e. The van der Waals surface area contributed by atoms with Crippen molar-refractivity contribution in [2.24, 2.45) is 0 Å². The summed E-state index contributed by atoms with van der Waals surface area (Å²) in [6.07, 6.45) is 0. The molecule has 0 aliphatic carbocycles. The molecule has 0 radical (unpaired) electrons. The summed E-state index contributed by atoms with van der Waals surface area (Å²) in [5.74, 6) is 0.205. The molecule has 0 aliphatic rings. The third-order valence-corrected chi connectivity index (χ3v) is 2.27. The Hall–Kier alpha value is -1.40. The Bertz CT molecular complexity index is 411. The van der Waals surface area contributed by atoms with Crippen molar-refractivity contribution in [3.8, 4) is 0 Å². The molecular formula is C10H15ClN4O2. The highest BCUT2D eigenvalue weighted by Gasteiger charge is 2.17. The third kappa shape index (κ3) is 4.16. The van der Waals surface area contributed by atoms with Crippen LogP contribution in [-0.4, -0.2) is 41.5 Å². The van der Waals surface area contributed by atoms with E-state index in [1.54, 1.807) is 0 Å². The van der Waals surface area contributed by atoms with Crippen molar-refractivity contribution < 1.29 is 4.92 Å². The first kappa shape index (κ1) is 13.7. The van der Waals surface area contributed by atoms with Gasteiger partial charge in [-0.15, -0.1) is 0 Å². The highest BCUT2D eigenvalue weighted by atomic mass is 35.5. The number of hydrogen-bond acceptors (Lipinski definition) is 5. The van der Waals surface area contributed by atoms with Crippen LogP contribution in [0.5, 0.6) is 0 Å². The van der Waals surface area contributed by atoms with E-state index in [-0.39, 0.29) is 22.7 Å². The molecule has 0 fully saturated rings. The second kappa shape index (κ2) is 5.79. The van der Waals surface area contributed by atoms with E-state index >= 15 is 0 Å². The first-order valence-electron chi connectivity index (χ1n) is 5.12. The topological polar surface area (TPSA) is 71.3 Å². The van der Waals surface area contributed by atoms with Gasteiger partial charge in [0.1, 0.15) is 5.15 Å². The van der Waals surface area contributed by atoms with Crippen molar-refractivity contribution in [2.45, 2.75) is 13.0 Å². The first-order chi connectivity index (χ1) is 7.90. The number of likely N-dealkylation sites (N-methyl/N-ethyl adjacent to an activating group) is 1. The lowest BCUT2D eigenvalue weighted by molar-refractivity contribution is -0.384. The van der Waals surface area contributed by atoms with E-state index in [9.17, 15) is 10.1 Å². The van der Waals surface area contributed by atoms with Crippen LogP contribution in [-0.2, 0) is 0 Å². The van der Waals surface area contributed by atoms with Gasteiger partial charge in [0.2, 0.25) is 5.82 Å². The van der Waals surface area contributed by atoms with E-state index in [1.807, 2.05) is 25.9 Å². The van der Waals surface area contributed by atoms with Crippen LogP contribution >= 0.6 is 11.6 Å². The maximum absolute atomic E-state index is 10.8. The van der Waals surface area contributed by atoms with Crippen molar-refractivity contribution in [1.82, 2.24) is 9.88 Å².